The molecule has 0 rings (SSSR count). The molecule has 0 aromatic rings. The van der Waals surface area contributed by atoms with Crippen molar-refractivity contribution in [3.8, 4) is 0 Å². The molecule has 2 unspecified atom stereocenters. The van der Waals surface area contributed by atoms with E-state index in [1.807, 2.05) is 37.6 Å². The molecule has 2 atom stereocenters. The third-order valence-electron chi connectivity index (χ3n) is 3.52. The van der Waals surface area contributed by atoms with Gasteiger partial charge in [-0.25, -0.2) is 0 Å². The second-order valence-electron chi connectivity index (χ2n) is 7.71. The predicted molar refractivity (Wildman–Crippen MR) is 118 cm³/mol. The van der Waals surface area contributed by atoms with Crippen molar-refractivity contribution >= 4 is 42.6 Å². The van der Waals surface area contributed by atoms with Crippen LogP contribution < -0.4 is 0 Å². The Balaban J connectivity index is 5.36. The molecule has 0 fully saturated rings. The molecule has 10 heteroatoms. The van der Waals surface area contributed by atoms with Crippen molar-refractivity contribution in [3.05, 3.63) is 36.8 Å². The maximum Gasteiger partial charge on any atom is 0.478 e. The van der Waals surface area contributed by atoms with E-state index in [1.54, 1.807) is 12.8 Å². The van der Waals surface area contributed by atoms with Crippen LogP contribution in [-0.4, -0.2) is 49.7 Å². The first-order valence-electron chi connectivity index (χ1n) is 8.34. The first kappa shape index (κ1) is 25.1. The molecule has 0 saturated heterocycles. The van der Waals surface area contributed by atoms with Crippen LogP contribution in [0.1, 0.15) is 0 Å². The smallest absolute Gasteiger partial charge is 0.430 e. The zero-order valence-corrected chi connectivity index (χ0v) is 22.4. The van der Waals surface area contributed by atoms with E-state index in [4.69, 9.17) is 20.9 Å². The highest BCUT2D eigenvalue weighted by Crippen LogP contribution is 2.27. The first-order chi connectivity index (χ1) is 11.1. The van der Waals surface area contributed by atoms with Crippen LogP contribution in [0.25, 0.3) is 0 Å². The Bertz CT molecular complexity index is 497. The average molecular weight is 437 g/mol. The highest BCUT2D eigenvalue weighted by atomic mass is 28.5. The Kier molecular flexibility index (Phi) is 8.90. The fourth-order valence-electron chi connectivity index (χ4n) is 2.25. The van der Waals surface area contributed by atoms with Crippen LogP contribution >= 0.6 is 0 Å². The van der Waals surface area contributed by atoms with Crippen LogP contribution in [0, 0.1) is 0 Å². The molecule has 0 aliphatic carbocycles. The molecule has 0 amide bonds. The normalized spacial score (nSPS) is 18.1. The third-order valence-corrected chi connectivity index (χ3v) is 21.3. The van der Waals surface area contributed by atoms with E-state index in [0.717, 1.165) is 0 Å². The molecule has 0 heterocycles. The summed E-state index contributed by atoms with van der Waals surface area (Å²) in [6, 6.07) is 0. The van der Waals surface area contributed by atoms with Gasteiger partial charge in [-0.05, 0) is 45.8 Å². The van der Waals surface area contributed by atoms with Crippen molar-refractivity contribution in [1.82, 2.24) is 0 Å². The molecule has 0 radical (unpaired) electrons. The summed E-state index contributed by atoms with van der Waals surface area (Å²) in [6.07, 6.45) is 0. The molecule has 0 saturated carbocycles. The Morgan fingerprint density at radius 1 is 0.600 bits per heavy atom. The van der Waals surface area contributed by atoms with E-state index in [2.05, 4.69) is 45.9 Å². The second-order valence-corrected chi connectivity index (χ2v) is 25.6. The van der Waals surface area contributed by atoms with E-state index in [1.165, 1.54) is 0 Å². The minimum Gasteiger partial charge on any atom is -0.430 e. The van der Waals surface area contributed by atoms with Crippen LogP contribution in [0.4, 0.5) is 0 Å². The van der Waals surface area contributed by atoms with Gasteiger partial charge in [0.25, 0.3) is 0 Å². The highest BCUT2D eigenvalue weighted by Gasteiger charge is 2.49. The second kappa shape index (κ2) is 8.86. The van der Waals surface area contributed by atoms with Crippen LogP contribution in [-0.2, 0) is 20.9 Å². The Morgan fingerprint density at radius 3 is 1.40 bits per heavy atom. The molecule has 0 bridgehead atoms. The minimum absolute atomic E-state index is 1.62. The summed E-state index contributed by atoms with van der Waals surface area (Å²) in [4.78, 5) is 0. The van der Waals surface area contributed by atoms with E-state index < -0.39 is 42.6 Å². The number of hydrogen-bond acceptors (Lipinski definition) is 5. The van der Waals surface area contributed by atoms with Gasteiger partial charge in [0.1, 0.15) is 0 Å². The van der Waals surface area contributed by atoms with Gasteiger partial charge in [-0.1, -0.05) is 17.1 Å². The van der Waals surface area contributed by atoms with Gasteiger partial charge in [0.15, 0.2) is 8.32 Å². The highest BCUT2D eigenvalue weighted by molar-refractivity contribution is 6.92. The van der Waals surface area contributed by atoms with Gasteiger partial charge in [-0.3, -0.25) is 0 Å². The van der Waals surface area contributed by atoms with Gasteiger partial charge in [0.2, 0.25) is 8.32 Å². The van der Waals surface area contributed by atoms with Crippen molar-refractivity contribution in [2.45, 2.75) is 52.4 Å². The quantitative estimate of drug-likeness (QED) is 0.417. The standard InChI is InChI=1S/C15H36O5Si5/c1-13-21(5,6)17-24(11,15-3)19-23(9,10)20-25(12,16-4)18-22(7,8)14-2/h13-15H,1-3H2,4-12H3. The number of rotatable bonds is 12. The SMILES string of the molecule is C=C[Si](C)(C)O[Si](C)(C=C)O[Si](C)(C)O[Si](C)(OC)O[Si](C)(C)C=C. The summed E-state index contributed by atoms with van der Waals surface area (Å²) in [5.41, 5.74) is 5.58. The Hall–Kier alpha value is 0.104. The van der Waals surface area contributed by atoms with E-state index in [0.29, 0.717) is 0 Å². The van der Waals surface area contributed by atoms with Gasteiger partial charge in [0, 0.05) is 13.7 Å². The maximum absolute atomic E-state index is 6.42. The molecule has 0 aromatic carbocycles. The van der Waals surface area contributed by atoms with Gasteiger partial charge in [-0.15, -0.1) is 19.7 Å². The molecule has 0 N–H and O–H groups in total. The van der Waals surface area contributed by atoms with E-state index in [9.17, 15) is 0 Å². The lowest BCUT2D eigenvalue weighted by Crippen LogP contribution is -2.60. The van der Waals surface area contributed by atoms with Crippen molar-refractivity contribution in [3.63, 3.8) is 0 Å². The first-order valence-corrected chi connectivity index (χ1v) is 21.7. The van der Waals surface area contributed by atoms with Crippen LogP contribution in [0.5, 0.6) is 0 Å². The molecular formula is C15H36O5Si5. The molecule has 25 heavy (non-hydrogen) atoms. The zero-order valence-electron chi connectivity index (χ0n) is 17.4. The van der Waals surface area contributed by atoms with Crippen molar-refractivity contribution in [1.29, 1.82) is 0 Å². The topological polar surface area (TPSA) is 46.2 Å². The van der Waals surface area contributed by atoms with Crippen LogP contribution in [0.3, 0.4) is 0 Å². The lowest BCUT2D eigenvalue weighted by atomic mass is 11.3. The van der Waals surface area contributed by atoms with Gasteiger partial charge in [-0.2, -0.15) is 0 Å². The summed E-state index contributed by atoms with van der Waals surface area (Å²) < 4.78 is 31.0. The number of hydrogen-bond donors (Lipinski definition) is 0. The van der Waals surface area contributed by atoms with Crippen molar-refractivity contribution in [2.75, 3.05) is 7.11 Å². The molecule has 0 aliphatic heterocycles. The van der Waals surface area contributed by atoms with Gasteiger partial charge >= 0.3 is 25.9 Å². The van der Waals surface area contributed by atoms with Crippen molar-refractivity contribution in [2.24, 2.45) is 0 Å². The lowest BCUT2D eigenvalue weighted by Gasteiger charge is -2.41. The minimum atomic E-state index is -2.84. The molecule has 5 nitrogen and oxygen atoms in total. The predicted octanol–water partition coefficient (Wildman–Crippen LogP) is 4.63. The molecule has 0 aromatic heterocycles. The fourth-order valence-corrected chi connectivity index (χ4v) is 21.3. The largest absolute Gasteiger partial charge is 0.478 e. The summed E-state index contributed by atoms with van der Waals surface area (Å²) >= 11 is 0. The van der Waals surface area contributed by atoms with Crippen molar-refractivity contribution < 1.29 is 20.9 Å². The fraction of sp³-hybridized carbons (Fsp3) is 0.600. The summed E-state index contributed by atoms with van der Waals surface area (Å²) in [5.74, 6) is 0. The summed E-state index contributed by atoms with van der Waals surface area (Å²) in [5, 5.41) is 0. The molecule has 146 valence electrons. The molecular weight excluding hydrogens is 401 g/mol. The monoisotopic (exact) mass is 436 g/mol. The Labute approximate surface area is 159 Å². The summed E-state index contributed by atoms with van der Waals surface area (Å²) in [7, 11) is -10.5. The van der Waals surface area contributed by atoms with Crippen LogP contribution in [0.15, 0.2) is 36.8 Å². The third kappa shape index (κ3) is 9.04. The Morgan fingerprint density at radius 2 is 1.04 bits per heavy atom. The summed E-state index contributed by atoms with van der Waals surface area (Å²) in [6.45, 7) is 27.9. The lowest BCUT2D eigenvalue weighted by molar-refractivity contribution is 0.188. The van der Waals surface area contributed by atoms with E-state index in [-0.39, 0.29) is 0 Å². The van der Waals surface area contributed by atoms with Crippen LogP contribution in [0.2, 0.25) is 52.4 Å². The molecule has 0 spiro atoms. The zero-order chi connectivity index (χ0) is 20.2. The molecule has 0 aliphatic rings. The van der Waals surface area contributed by atoms with Gasteiger partial charge in [0.05, 0.1) is 0 Å². The maximum atomic E-state index is 6.42. The van der Waals surface area contributed by atoms with E-state index >= 15 is 0 Å². The average Bonchev–Trinajstić information content (AvgIpc) is 2.44. The van der Waals surface area contributed by atoms with Gasteiger partial charge < -0.3 is 20.9 Å².